The first kappa shape index (κ1) is 19.2. The van der Waals surface area contributed by atoms with Crippen molar-refractivity contribution in [2.45, 2.75) is 20.5 Å². The van der Waals surface area contributed by atoms with Gasteiger partial charge in [-0.15, -0.1) is 0 Å². The Hall–Kier alpha value is -3.58. The maximum Gasteiger partial charge on any atom is 0.187 e. The molecule has 3 aromatic rings. The number of nitrogens with zero attached hydrogens (tertiary/aromatic N) is 2. The topological polar surface area (TPSA) is 54.6 Å². The summed E-state index contributed by atoms with van der Waals surface area (Å²) < 4.78 is 6.12. The molecule has 0 atom stereocenters. The Morgan fingerprint density at radius 3 is 2.43 bits per heavy atom. The van der Waals surface area contributed by atoms with Crippen molar-refractivity contribution in [2.24, 2.45) is 5.16 Å². The van der Waals surface area contributed by atoms with Gasteiger partial charge in [0, 0.05) is 5.56 Å². The number of nitriles is 1. The standard InChI is InChI=1S/C24H22N2O2/c1-17-12-13-18(2)24(14-17)28-16-19-8-4-5-9-20(19)21-10-6-7-11-22(21)23(15-25)26-27-3/h4-14H,16H2,1-3H3/b26-23-. The average molecular weight is 370 g/mol. The Morgan fingerprint density at radius 1 is 0.964 bits per heavy atom. The van der Waals surface area contributed by atoms with E-state index in [-0.39, 0.29) is 5.71 Å². The Morgan fingerprint density at radius 2 is 1.68 bits per heavy atom. The first-order valence-electron chi connectivity index (χ1n) is 9.03. The molecule has 0 bridgehead atoms. The lowest BCUT2D eigenvalue weighted by Crippen LogP contribution is -2.04. The Bertz CT molecular complexity index is 1050. The van der Waals surface area contributed by atoms with Gasteiger partial charge in [-0.3, -0.25) is 0 Å². The zero-order valence-electron chi connectivity index (χ0n) is 16.3. The monoisotopic (exact) mass is 370 g/mol. The van der Waals surface area contributed by atoms with Crippen LogP contribution in [0.1, 0.15) is 22.3 Å². The summed E-state index contributed by atoms with van der Waals surface area (Å²) >= 11 is 0. The Labute approximate surface area is 165 Å². The molecule has 0 aliphatic heterocycles. The molecule has 0 aliphatic rings. The molecule has 0 saturated heterocycles. The molecule has 0 heterocycles. The molecule has 0 radical (unpaired) electrons. The van der Waals surface area contributed by atoms with E-state index < -0.39 is 0 Å². The van der Waals surface area contributed by atoms with Gasteiger partial charge in [0.25, 0.3) is 0 Å². The third-order valence-corrected chi connectivity index (χ3v) is 4.51. The van der Waals surface area contributed by atoms with E-state index in [9.17, 15) is 5.26 Å². The third-order valence-electron chi connectivity index (χ3n) is 4.51. The van der Waals surface area contributed by atoms with Crippen LogP contribution in [0, 0.1) is 25.2 Å². The molecule has 0 N–H and O–H groups in total. The van der Waals surface area contributed by atoms with E-state index in [1.807, 2.05) is 61.5 Å². The second-order valence-corrected chi connectivity index (χ2v) is 6.49. The van der Waals surface area contributed by atoms with Gasteiger partial charge >= 0.3 is 0 Å². The molecule has 0 saturated carbocycles. The summed E-state index contributed by atoms with van der Waals surface area (Å²) in [6.45, 7) is 4.52. The van der Waals surface area contributed by atoms with Crippen LogP contribution in [0.3, 0.4) is 0 Å². The number of ether oxygens (including phenoxy) is 1. The van der Waals surface area contributed by atoms with Gasteiger partial charge in [0.2, 0.25) is 0 Å². The van der Waals surface area contributed by atoms with Crippen LogP contribution in [0.4, 0.5) is 0 Å². The van der Waals surface area contributed by atoms with Gasteiger partial charge in [0.1, 0.15) is 25.5 Å². The summed E-state index contributed by atoms with van der Waals surface area (Å²) in [7, 11) is 1.44. The first-order valence-corrected chi connectivity index (χ1v) is 9.03. The molecule has 0 amide bonds. The number of hydrogen-bond donors (Lipinski definition) is 0. The fourth-order valence-corrected chi connectivity index (χ4v) is 3.07. The van der Waals surface area contributed by atoms with Crippen LogP contribution in [0.15, 0.2) is 71.9 Å². The molecule has 4 nitrogen and oxygen atoms in total. The second kappa shape index (κ2) is 8.88. The van der Waals surface area contributed by atoms with Gasteiger partial charge in [-0.05, 0) is 47.7 Å². The van der Waals surface area contributed by atoms with Gasteiger partial charge in [0.05, 0.1) is 0 Å². The number of aryl methyl sites for hydroxylation is 2. The van der Waals surface area contributed by atoms with Crippen LogP contribution in [0.2, 0.25) is 0 Å². The van der Waals surface area contributed by atoms with Gasteiger partial charge in [-0.2, -0.15) is 5.26 Å². The number of benzene rings is 3. The van der Waals surface area contributed by atoms with E-state index in [4.69, 9.17) is 9.57 Å². The van der Waals surface area contributed by atoms with E-state index in [1.165, 1.54) is 7.11 Å². The fourth-order valence-electron chi connectivity index (χ4n) is 3.07. The molecule has 0 fully saturated rings. The van der Waals surface area contributed by atoms with E-state index in [0.717, 1.165) is 39.1 Å². The second-order valence-electron chi connectivity index (χ2n) is 6.49. The Balaban J connectivity index is 1.99. The van der Waals surface area contributed by atoms with Crippen molar-refractivity contribution in [3.63, 3.8) is 0 Å². The van der Waals surface area contributed by atoms with Gasteiger partial charge < -0.3 is 9.57 Å². The fraction of sp³-hybridized carbons (Fsp3) is 0.167. The maximum absolute atomic E-state index is 9.47. The molecule has 4 heteroatoms. The molecule has 0 aromatic heterocycles. The van der Waals surface area contributed by atoms with Crippen LogP contribution in [-0.2, 0) is 11.4 Å². The van der Waals surface area contributed by atoms with Crippen LogP contribution >= 0.6 is 0 Å². The van der Waals surface area contributed by atoms with Crippen LogP contribution in [0.5, 0.6) is 5.75 Å². The van der Waals surface area contributed by atoms with Crippen molar-refractivity contribution in [2.75, 3.05) is 7.11 Å². The molecule has 3 rings (SSSR count). The first-order chi connectivity index (χ1) is 13.6. The lowest BCUT2D eigenvalue weighted by atomic mass is 9.93. The summed E-state index contributed by atoms with van der Waals surface area (Å²) in [6.07, 6.45) is 0. The predicted molar refractivity (Wildman–Crippen MR) is 111 cm³/mol. The molecule has 28 heavy (non-hydrogen) atoms. The molecule has 0 aliphatic carbocycles. The van der Waals surface area contributed by atoms with Crippen molar-refractivity contribution in [3.8, 4) is 22.9 Å². The average Bonchev–Trinajstić information content (AvgIpc) is 2.73. The summed E-state index contributed by atoms with van der Waals surface area (Å²) in [4.78, 5) is 4.84. The molecular formula is C24H22N2O2. The Kier molecular flexibility index (Phi) is 6.08. The molecule has 0 spiro atoms. The number of hydrogen-bond acceptors (Lipinski definition) is 4. The van der Waals surface area contributed by atoms with Crippen molar-refractivity contribution < 1.29 is 9.57 Å². The molecule has 0 unspecified atom stereocenters. The lowest BCUT2D eigenvalue weighted by molar-refractivity contribution is 0.214. The maximum atomic E-state index is 9.47. The van der Waals surface area contributed by atoms with E-state index in [1.54, 1.807) is 0 Å². The normalized spacial score (nSPS) is 11.0. The zero-order valence-corrected chi connectivity index (χ0v) is 16.3. The highest BCUT2D eigenvalue weighted by Gasteiger charge is 2.14. The summed E-state index contributed by atoms with van der Waals surface area (Å²) in [5.74, 6) is 0.877. The third kappa shape index (κ3) is 4.21. The van der Waals surface area contributed by atoms with Gasteiger partial charge in [-0.1, -0.05) is 65.8 Å². The van der Waals surface area contributed by atoms with E-state index in [2.05, 4.69) is 30.3 Å². The largest absolute Gasteiger partial charge is 0.489 e. The van der Waals surface area contributed by atoms with Crippen LogP contribution < -0.4 is 4.74 Å². The number of rotatable bonds is 6. The van der Waals surface area contributed by atoms with Crippen molar-refractivity contribution in [1.82, 2.24) is 0 Å². The number of oxime groups is 1. The highest BCUT2D eigenvalue weighted by Crippen LogP contribution is 2.29. The quantitative estimate of drug-likeness (QED) is 0.430. The van der Waals surface area contributed by atoms with E-state index >= 15 is 0 Å². The van der Waals surface area contributed by atoms with Crippen molar-refractivity contribution >= 4 is 5.71 Å². The van der Waals surface area contributed by atoms with Gasteiger partial charge in [0.15, 0.2) is 5.71 Å². The summed E-state index contributed by atoms with van der Waals surface area (Å²) in [6, 6.07) is 24.0. The SMILES string of the molecule is CO/N=C(/C#N)c1ccccc1-c1ccccc1COc1cc(C)ccc1C. The lowest BCUT2D eigenvalue weighted by Gasteiger charge is -2.15. The molecule has 140 valence electrons. The van der Waals surface area contributed by atoms with Crippen LogP contribution in [0.25, 0.3) is 11.1 Å². The molecular weight excluding hydrogens is 348 g/mol. The zero-order chi connectivity index (χ0) is 19.9. The highest BCUT2D eigenvalue weighted by atomic mass is 16.6. The minimum Gasteiger partial charge on any atom is -0.489 e. The van der Waals surface area contributed by atoms with Crippen molar-refractivity contribution in [3.05, 3.63) is 89.0 Å². The molecule has 3 aromatic carbocycles. The summed E-state index contributed by atoms with van der Waals surface area (Å²) in [5, 5.41) is 13.3. The van der Waals surface area contributed by atoms with Crippen molar-refractivity contribution in [1.29, 1.82) is 5.26 Å². The summed E-state index contributed by atoms with van der Waals surface area (Å²) in [5.41, 5.74) is 6.18. The highest BCUT2D eigenvalue weighted by molar-refractivity contribution is 6.15. The predicted octanol–water partition coefficient (Wildman–Crippen LogP) is 5.42. The van der Waals surface area contributed by atoms with Gasteiger partial charge in [-0.25, -0.2) is 0 Å². The smallest absolute Gasteiger partial charge is 0.187 e. The minimum atomic E-state index is 0.239. The minimum absolute atomic E-state index is 0.239. The van der Waals surface area contributed by atoms with E-state index in [0.29, 0.717) is 6.61 Å². The van der Waals surface area contributed by atoms with Crippen LogP contribution in [-0.4, -0.2) is 12.8 Å².